The number of carbonyl (C=O) groups is 3. The average molecular weight is 695 g/mol. The number of benzene rings is 1. The molecule has 5 heterocycles. The fourth-order valence-corrected chi connectivity index (χ4v) is 6.58. The van der Waals surface area contributed by atoms with E-state index in [0.29, 0.717) is 25.3 Å². The van der Waals surface area contributed by atoms with Crippen molar-refractivity contribution in [3.8, 4) is 11.4 Å². The number of pyridine rings is 1. The van der Waals surface area contributed by atoms with E-state index in [0.717, 1.165) is 34.9 Å². The standard InChI is InChI=1S/C36H41F3N6O5/c1-7-30(46)42-14-12-26-31-27(45(41-26)24-10-8-22(9-11-24)21(2)3)13-15-44(28(31)20-42)33(47)23-16-29(32(40-17-23)36(37,38)39)49-25-18-43(19-25)34(48)50-35(4,5)6/h7-11,16-17,21,25,28H,1,12-15,18-20H2,2-6H3/t28-/m0/s1. The molecule has 14 heteroatoms. The molecule has 50 heavy (non-hydrogen) atoms. The van der Waals surface area contributed by atoms with Gasteiger partial charge >= 0.3 is 12.3 Å². The molecule has 1 saturated heterocycles. The molecule has 3 aliphatic rings. The van der Waals surface area contributed by atoms with Crippen LogP contribution in [0.2, 0.25) is 0 Å². The number of aromatic nitrogens is 3. The molecule has 0 spiro atoms. The van der Waals surface area contributed by atoms with Crippen molar-refractivity contribution in [1.82, 2.24) is 29.5 Å². The predicted octanol–water partition coefficient (Wildman–Crippen LogP) is 5.72. The number of ether oxygens (including phenoxy) is 2. The Morgan fingerprint density at radius 1 is 1.00 bits per heavy atom. The molecule has 0 unspecified atom stereocenters. The number of hydrogen-bond acceptors (Lipinski definition) is 7. The summed E-state index contributed by atoms with van der Waals surface area (Å²) in [6, 6.07) is 8.61. The van der Waals surface area contributed by atoms with E-state index < -0.39 is 47.4 Å². The minimum Gasteiger partial charge on any atom is -0.484 e. The van der Waals surface area contributed by atoms with Crippen molar-refractivity contribution in [2.24, 2.45) is 0 Å². The van der Waals surface area contributed by atoms with Crippen LogP contribution in [0.25, 0.3) is 5.69 Å². The van der Waals surface area contributed by atoms with E-state index in [9.17, 15) is 27.6 Å². The fourth-order valence-electron chi connectivity index (χ4n) is 6.58. The molecular weight excluding hydrogens is 653 g/mol. The van der Waals surface area contributed by atoms with Crippen LogP contribution in [0.15, 0.2) is 49.2 Å². The third-order valence-electron chi connectivity index (χ3n) is 9.12. The van der Waals surface area contributed by atoms with Crippen LogP contribution in [0.3, 0.4) is 0 Å². The minimum absolute atomic E-state index is 0.0154. The van der Waals surface area contributed by atoms with Crippen molar-refractivity contribution in [2.75, 3.05) is 32.7 Å². The van der Waals surface area contributed by atoms with Crippen molar-refractivity contribution < 1.29 is 37.0 Å². The Morgan fingerprint density at radius 3 is 2.32 bits per heavy atom. The van der Waals surface area contributed by atoms with E-state index >= 15 is 0 Å². The van der Waals surface area contributed by atoms with Gasteiger partial charge in [-0.05, 0) is 56.5 Å². The molecule has 1 fully saturated rings. The number of carbonyl (C=O) groups excluding carboxylic acids is 3. The number of nitrogens with zero attached hydrogens (tertiary/aromatic N) is 6. The summed E-state index contributed by atoms with van der Waals surface area (Å²) in [7, 11) is 0. The Bertz CT molecular complexity index is 1810. The fraction of sp³-hybridized carbons (Fsp3) is 0.472. The number of hydrogen-bond donors (Lipinski definition) is 0. The highest BCUT2D eigenvalue weighted by molar-refractivity contribution is 5.95. The van der Waals surface area contributed by atoms with Crippen LogP contribution in [-0.2, 0) is 28.5 Å². The number of amides is 3. The van der Waals surface area contributed by atoms with E-state index in [-0.39, 0.29) is 37.6 Å². The van der Waals surface area contributed by atoms with Gasteiger partial charge in [0.2, 0.25) is 5.91 Å². The van der Waals surface area contributed by atoms with Gasteiger partial charge < -0.3 is 24.2 Å². The van der Waals surface area contributed by atoms with Gasteiger partial charge in [-0.1, -0.05) is 32.6 Å². The van der Waals surface area contributed by atoms with E-state index in [4.69, 9.17) is 14.6 Å². The van der Waals surface area contributed by atoms with Crippen LogP contribution in [0.5, 0.6) is 5.75 Å². The van der Waals surface area contributed by atoms with Crippen molar-refractivity contribution >= 4 is 17.9 Å². The first-order chi connectivity index (χ1) is 23.5. The molecule has 1 atom stereocenters. The second kappa shape index (κ2) is 13.1. The van der Waals surface area contributed by atoms with E-state index in [1.807, 2.05) is 16.8 Å². The second-order valence-corrected chi connectivity index (χ2v) is 14.2. The van der Waals surface area contributed by atoms with Crippen LogP contribution in [0.4, 0.5) is 18.0 Å². The Balaban J connectivity index is 1.30. The van der Waals surface area contributed by atoms with Gasteiger partial charge in [-0.2, -0.15) is 18.3 Å². The number of rotatable bonds is 6. The van der Waals surface area contributed by atoms with Gasteiger partial charge in [0.1, 0.15) is 11.7 Å². The van der Waals surface area contributed by atoms with Gasteiger partial charge in [-0.25, -0.2) is 14.5 Å². The van der Waals surface area contributed by atoms with E-state index in [1.165, 1.54) is 16.5 Å². The molecule has 0 bridgehead atoms. The normalized spacial score (nSPS) is 17.9. The third-order valence-corrected chi connectivity index (χ3v) is 9.12. The first-order valence-electron chi connectivity index (χ1n) is 16.7. The van der Waals surface area contributed by atoms with Crippen LogP contribution < -0.4 is 4.74 Å². The van der Waals surface area contributed by atoms with Crippen LogP contribution in [0, 0.1) is 0 Å². The molecule has 6 rings (SSSR count). The molecule has 3 aliphatic heterocycles. The molecule has 1 aromatic carbocycles. The Kier molecular flexibility index (Phi) is 9.16. The molecule has 3 amide bonds. The lowest BCUT2D eigenvalue weighted by Gasteiger charge is -2.39. The Morgan fingerprint density at radius 2 is 1.70 bits per heavy atom. The van der Waals surface area contributed by atoms with Crippen LogP contribution in [-0.4, -0.2) is 91.8 Å². The summed E-state index contributed by atoms with van der Waals surface area (Å²) in [5.74, 6) is -1.08. The topological polar surface area (TPSA) is 110 Å². The zero-order valence-electron chi connectivity index (χ0n) is 28.8. The van der Waals surface area contributed by atoms with Crippen LogP contribution >= 0.6 is 0 Å². The summed E-state index contributed by atoms with van der Waals surface area (Å²) in [5.41, 5.74) is 2.49. The second-order valence-electron chi connectivity index (χ2n) is 14.2. The summed E-state index contributed by atoms with van der Waals surface area (Å²) in [6.07, 6.45) is -3.17. The maximum atomic E-state index is 14.2. The molecule has 3 aromatic rings. The Labute approximate surface area is 288 Å². The first kappa shape index (κ1) is 35.0. The SMILES string of the molecule is C=CC(=O)N1CCc2nn(-c3ccc(C(C)C)cc3)c3c2[C@H](C1)N(C(=O)c1cnc(C(F)(F)F)c(OC2CN(C(=O)OC(C)(C)C)C2)c1)CC3. The zero-order valence-corrected chi connectivity index (χ0v) is 28.8. The molecular formula is C36H41F3N6O5. The quantitative estimate of drug-likeness (QED) is 0.304. The number of alkyl halides is 3. The highest BCUT2D eigenvalue weighted by Gasteiger charge is 2.43. The average Bonchev–Trinajstić information content (AvgIpc) is 3.29. The maximum Gasteiger partial charge on any atom is 0.437 e. The van der Waals surface area contributed by atoms with Crippen molar-refractivity contribution in [3.63, 3.8) is 0 Å². The molecule has 0 aliphatic carbocycles. The molecule has 0 radical (unpaired) electrons. The third kappa shape index (κ3) is 6.92. The Hall–Kier alpha value is -4.88. The van der Waals surface area contributed by atoms with Gasteiger partial charge in [0.25, 0.3) is 5.91 Å². The summed E-state index contributed by atoms with van der Waals surface area (Å²) < 4.78 is 55.1. The highest BCUT2D eigenvalue weighted by atomic mass is 19.4. The maximum absolute atomic E-state index is 14.2. The lowest BCUT2D eigenvalue weighted by atomic mass is 9.94. The summed E-state index contributed by atoms with van der Waals surface area (Å²) in [6.45, 7) is 13.8. The summed E-state index contributed by atoms with van der Waals surface area (Å²) >= 11 is 0. The van der Waals surface area contributed by atoms with Gasteiger partial charge in [-0.15, -0.1) is 0 Å². The summed E-state index contributed by atoms with van der Waals surface area (Å²) in [4.78, 5) is 47.6. The minimum atomic E-state index is -4.85. The number of halogens is 3. The van der Waals surface area contributed by atoms with Crippen molar-refractivity contribution in [2.45, 2.75) is 77.3 Å². The van der Waals surface area contributed by atoms with Gasteiger partial charge in [-0.3, -0.25) is 9.59 Å². The molecule has 11 nitrogen and oxygen atoms in total. The number of likely N-dealkylation sites (tertiary alicyclic amines) is 1. The molecule has 2 aromatic heterocycles. The van der Waals surface area contributed by atoms with Gasteiger partial charge in [0.15, 0.2) is 11.4 Å². The molecule has 266 valence electrons. The molecule has 0 N–H and O–H groups in total. The van der Waals surface area contributed by atoms with Crippen molar-refractivity contribution in [1.29, 1.82) is 0 Å². The van der Waals surface area contributed by atoms with Crippen molar-refractivity contribution in [3.05, 3.63) is 83.0 Å². The van der Waals surface area contributed by atoms with Crippen LogP contribution in [0.1, 0.15) is 85.1 Å². The zero-order chi connectivity index (χ0) is 36.1. The van der Waals surface area contributed by atoms with Gasteiger partial charge in [0.05, 0.1) is 41.8 Å². The highest BCUT2D eigenvalue weighted by Crippen LogP contribution is 2.40. The molecule has 0 saturated carbocycles. The monoisotopic (exact) mass is 694 g/mol. The van der Waals surface area contributed by atoms with E-state index in [1.54, 1.807) is 30.6 Å². The smallest absolute Gasteiger partial charge is 0.437 e. The van der Waals surface area contributed by atoms with Gasteiger partial charge in [0, 0.05) is 44.2 Å². The first-order valence-corrected chi connectivity index (χ1v) is 16.7. The largest absolute Gasteiger partial charge is 0.484 e. The predicted molar refractivity (Wildman–Crippen MR) is 177 cm³/mol. The lowest BCUT2D eigenvalue weighted by Crippen LogP contribution is -2.57. The summed E-state index contributed by atoms with van der Waals surface area (Å²) in [5, 5.41) is 4.96. The lowest BCUT2D eigenvalue weighted by molar-refractivity contribution is -0.143. The van der Waals surface area contributed by atoms with E-state index in [2.05, 4.69) is 37.5 Å².